The third-order valence-corrected chi connectivity index (χ3v) is 2.89. The highest BCUT2D eigenvalue weighted by Gasteiger charge is 2.02. The van der Waals surface area contributed by atoms with Crippen molar-refractivity contribution in [2.24, 2.45) is 7.05 Å². The third-order valence-electron chi connectivity index (χ3n) is 2.89. The van der Waals surface area contributed by atoms with E-state index < -0.39 is 0 Å². The molecular weight excluding hydrogens is 224 g/mol. The summed E-state index contributed by atoms with van der Waals surface area (Å²) >= 11 is 0. The predicted octanol–water partition coefficient (Wildman–Crippen LogP) is 1.93. The molecule has 4 heteroatoms. The highest BCUT2D eigenvalue weighted by Crippen LogP contribution is 2.10. The molecule has 2 N–H and O–H groups in total. The van der Waals surface area contributed by atoms with Gasteiger partial charge in [0.2, 0.25) is 0 Å². The molecule has 0 atom stereocenters. The van der Waals surface area contributed by atoms with Crippen LogP contribution < -0.4 is 10.6 Å². The number of benzene rings is 1. The standard InChI is InChI=1S/C14H20N4/c1-12-10-17-18(2)14(12)16-9-8-15-11-13-6-4-3-5-7-13/h3-7,10,15-16H,8-9,11H2,1-2H3. The van der Waals surface area contributed by atoms with Crippen molar-refractivity contribution in [1.82, 2.24) is 15.1 Å². The summed E-state index contributed by atoms with van der Waals surface area (Å²) in [5.41, 5.74) is 2.50. The third kappa shape index (κ3) is 3.34. The first-order valence-corrected chi connectivity index (χ1v) is 6.24. The Labute approximate surface area is 108 Å². The van der Waals surface area contributed by atoms with Gasteiger partial charge in [0.05, 0.1) is 6.20 Å². The minimum Gasteiger partial charge on any atom is -0.369 e. The number of anilines is 1. The van der Waals surface area contributed by atoms with Crippen molar-refractivity contribution >= 4 is 5.82 Å². The molecule has 0 spiro atoms. The summed E-state index contributed by atoms with van der Waals surface area (Å²) in [6.45, 7) is 4.80. The fraction of sp³-hybridized carbons (Fsp3) is 0.357. The molecule has 0 aliphatic rings. The summed E-state index contributed by atoms with van der Waals surface area (Å²) in [6.07, 6.45) is 1.87. The van der Waals surface area contributed by atoms with Crippen molar-refractivity contribution in [2.45, 2.75) is 13.5 Å². The molecule has 0 unspecified atom stereocenters. The Hall–Kier alpha value is -1.81. The van der Waals surface area contributed by atoms with E-state index in [0.29, 0.717) is 0 Å². The topological polar surface area (TPSA) is 41.9 Å². The zero-order valence-corrected chi connectivity index (χ0v) is 11.0. The van der Waals surface area contributed by atoms with Gasteiger partial charge in [-0.2, -0.15) is 5.10 Å². The molecule has 1 heterocycles. The van der Waals surface area contributed by atoms with E-state index in [1.807, 2.05) is 24.0 Å². The summed E-state index contributed by atoms with van der Waals surface area (Å²) in [4.78, 5) is 0. The Morgan fingerprint density at radius 1 is 1.17 bits per heavy atom. The summed E-state index contributed by atoms with van der Waals surface area (Å²) in [5, 5.41) is 11.0. The van der Waals surface area contributed by atoms with Crippen LogP contribution in [0.15, 0.2) is 36.5 Å². The van der Waals surface area contributed by atoms with Crippen molar-refractivity contribution in [2.75, 3.05) is 18.4 Å². The average molecular weight is 244 g/mol. The molecule has 2 rings (SSSR count). The Morgan fingerprint density at radius 2 is 1.94 bits per heavy atom. The number of aromatic nitrogens is 2. The lowest BCUT2D eigenvalue weighted by Gasteiger charge is -2.09. The number of hydrogen-bond acceptors (Lipinski definition) is 3. The van der Waals surface area contributed by atoms with Crippen molar-refractivity contribution in [3.05, 3.63) is 47.7 Å². The molecule has 0 saturated heterocycles. The highest BCUT2D eigenvalue weighted by atomic mass is 15.3. The molecule has 2 aromatic rings. The second kappa shape index (κ2) is 6.21. The second-order valence-corrected chi connectivity index (χ2v) is 4.39. The van der Waals surface area contributed by atoms with Crippen LogP contribution in [0.2, 0.25) is 0 Å². The van der Waals surface area contributed by atoms with Gasteiger partial charge in [-0.1, -0.05) is 30.3 Å². The van der Waals surface area contributed by atoms with E-state index in [0.717, 1.165) is 25.5 Å². The van der Waals surface area contributed by atoms with Gasteiger partial charge in [0.1, 0.15) is 5.82 Å². The maximum atomic E-state index is 4.20. The zero-order valence-electron chi connectivity index (χ0n) is 11.0. The lowest BCUT2D eigenvalue weighted by molar-refractivity contribution is 0.698. The first kappa shape index (κ1) is 12.6. The minimum absolute atomic E-state index is 0.896. The monoisotopic (exact) mass is 244 g/mol. The first-order chi connectivity index (χ1) is 8.77. The van der Waals surface area contributed by atoms with Crippen molar-refractivity contribution in [1.29, 1.82) is 0 Å². The lowest BCUT2D eigenvalue weighted by atomic mass is 10.2. The Balaban J connectivity index is 1.68. The molecule has 0 saturated carbocycles. The van der Waals surface area contributed by atoms with E-state index in [4.69, 9.17) is 0 Å². The molecule has 0 aliphatic heterocycles. The van der Waals surface area contributed by atoms with Gasteiger partial charge in [-0.25, -0.2) is 0 Å². The molecule has 4 nitrogen and oxygen atoms in total. The summed E-state index contributed by atoms with van der Waals surface area (Å²) in [7, 11) is 1.95. The summed E-state index contributed by atoms with van der Waals surface area (Å²) < 4.78 is 1.87. The first-order valence-electron chi connectivity index (χ1n) is 6.24. The number of nitrogens with zero attached hydrogens (tertiary/aromatic N) is 2. The van der Waals surface area contributed by atoms with E-state index >= 15 is 0 Å². The molecule has 0 amide bonds. The van der Waals surface area contributed by atoms with Crippen LogP contribution in [0, 0.1) is 6.92 Å². The molecule has 0 fully saturated rings. The molecule has 0 radical (unpaired) electrons. The predicted molar refractivity (Wildman–Crippen MR) is 74.6 cm³/mol. The molecular formula is C14H20N4. The molecule has 1 aromatic carbocycles. The van der Waals surface area contributed by atoms with E-state index in [1.165, 1.54) is 11.1 Å². The Bertz CT molecular complexity index is 456. The van der Waals surface area contributed by atoms with E-state index in [2.05, 4.69) is 46.9 Å². The van der Waals surface area contributed by atoms with Crippen LogP contribution in [0.1, 0.15) is 11.1 Å². The van der Waals surface area contributed by atoms with Crippen molar-refractivity contribution < 1.29 is 0 Å². The highest BCUT2D eigenvalue weighted by molar-refractivity contribution is 5.42. The Kier molecular flexibility index (Phi) is 4.36. The fourth-order valence-electron chi connectivity index (χ4n) is 1.90. The number of hydrogen-bond donors (Lipinski definition) is 2. The van der Waals surface area contributed by atoms with Gasteiger partial charge in [-0.15, -0.1) is 0 Å². The molecule has 18 heavy (non-hydrogen) atoms. The SMILES string of the molecule is Cc1cnn(C)c1NCCNCc1ccccc1. The van der Waals surface area contributed by atoms with Crippen LogP contribution in [0.5, 0.6) is 0 Å². The normalized spacial score (nSPS) is 10.6. The van der Waals surface area contributed by atoms with Gasteiger partial charge >= 0.3 is 0 Å². The van der Waals surface area contributed by atoms with Gasteiger partial charge in [0.25, 0.3) is 0 Å². The fourth-order valence-corrected chi connectivity index (χ4v) is 1.90. The van der Waals surface area contributed by atoms with E-state index in [-0.39, 0.29) is 0 Å². The van der Waals surface area contributed by atoms with Gasteiger partial charge in [0.15, 0.2) is 0 Å². The Morgan fingerprint density at radius 3 is 2.61 bits per heavy atom. The number of nitrogens with one attached hydrogen (secondary N) is 2. The van der Waals surface area contributed by atoms with Gasteiger partial charge in [-0.3, -0.25) is 4.68 Å². The summed E-state index contributed by atoms with van der Waals surface area (Å²) in [6, 6.07) is 10.4. The second-order valence-electron chi connectivity index (χ2n) is 4.39. The number of aryl methyl sites for hydroxylation is 2. The van der Waals surface area contributed by atoms with Crippen LogP contribution >= 0.6 is 0 Å². The quantitative estimate of drug-likeness (QED) is 0.763. The number of rotatable bonds is 6. The maximum absolute atomic E-state index is 4.20. The van der Waals surface area contributed by atoms with Crippen LogP contribution in [0.25, 0.3) is 0 Å². The molecule has 1 aromatic heterocycles. The smallest absolute Gasteiger partial charge is 0.126 e. The molecule has 96 valence electrons. The van der Waals surface area contributed by atoms with Gasteiger partial charge in [-0.05, 0) is 12.5 Å². The van der Waals surface area contributed by atoms with Crippen LogP contribution in [0.4, 0.5) is 5.82 Å². The zero-order chi connectivity index (χ0) is 12.8. The van der Waals surface area contributed by atoms with Gasteiger partial charge < -0.3 is 10.6 Å². The van der Waals surface area contributed by atoms with Crippen LogP contribution in [-0.2, 0) is 13.6 Å². The van der Waals surface area contributed by atoms with E-state index in [1.54, 1.807) is 0 Å². The van der Waals surface area contributed by atoms with Crippen molar-refractivity contribution in [3.63, 3.8) is 0 Å². The maximum Gasteiger partial charge on any atom is 0.126 e. The lowest BCUT2D eigenvalue weighted by Crippen LogP contribution is -2.22. The van der Waals surface area contributed by atoms with Crippen molar-refractivity contribution in [3.8, 4) is 0 Å². The van der Waals surface area contributed by atoms with E-state index in [9.17, 15) is 0 Å². The van der Waals surface area contributed by atoms with Crippen LogP contribution in [0.3, 0.4) is 0 Å². The molecule has 0 bridgehead atoms. The van der Waals surface area contributed by atoms with Crippen LogP contribution in [-0.4, -0.2) is 22.9 Å². The summed E-state index contributed by atoms with van der Waals surface area (Å²) in [5.74, 6) is 1.09. The minimum atomic E-state index is 0.896. The molecule has 0 aliphatic carbocycles. The average Bonchev–Trinajstić information content (AvgIpc) is 2.71. The largest absolute Gasteiger partial charge is 0.369 e. The van der Waals surface area contributed by atoms with Gasteiger partial charge in [0, 0.05) is 32.2 Å².